The second-order valence-corrected chi connectivity index (χ2v) is 7.40. The molecule has 1 aromatic heterocycles. The van der Waals surface area contributed by atoms with Crippen molar-refractivity contribution in [1.29, 1.82) is 10.5 Å². The van der Waals surface area contributed by atoms with Gasteiger partial charge in [-0.1, -0.05) is 42.5 Å². The molecule has 0 spiro atoms. The average molecular weight is 450 g/mol. The number of pyridine rings is 1. The number of nitriles is 2. The van der Waals surface area contributed by atoms with Crippen LogP contribution in [0.4, 0.5) is 5.69 Å². The van der Waals surface area contributed by atoms with Crippen molar-refractivity contribution >= 4 is 16.6 Å². The molecular formula is C26H18N4O4. The van der Waals surface area contributed by atoms with E-state index in [-0.39, 0.29) is 17.9 Å². The van der Waals surface area contributed by atoms with E-state index in [9.17, 15) is 15.4 Å². The van der Waals surface area contributed by atoms with Crippen molar-refractivity contribution in [2.45, 2.75) is 12.5 Å². The molecule has 0 fully saturated rings. The zero-order valence-electron chi connectivity index (χ0n) is 18.1. The first-order valence-corrected chi connectivity index (χ1v) is 10.3. The molecule has 0 saturated heterocycles. The Morgan fingerprint density at radius 1 is 1.06 bits per heavy atom. The van der Waals surface area contributed by atoms with Crippen LogP contribution in [0, 0.1) is 32.8 Å². The van der Waals surface area contributed by atoms with Gasteiger partial charge in [0.25, 0.3) is 5.69 Å². The maximum atomic E-state index is 11.9. The van der Waals surface area contributed by atoms with Gasteiger partial charge in [0.1, 0.15) is 18.7 Å². The summed E-state index contributed by atoms with van der Waals surface area (Å²) < 4.78 is 11.4. The van der Waals surface area contributed by atoms with Gasteiger partial charge >= 0.3 is 0 Å². The van der Waals surface area contributed by atoms with Gasteiger partial charge in [0.05, 0.1) is 40.8 Å². The zero-order valence-corrected chi connectivity index (χ0v) is 18.1. The fraction of sp³-hybridized carbons (Fsp3) is 0.115. The number of rotatable bonds is 7. The topological polar surface area (TPSA) is 122 Å². The molecule has 0 aliphatic carbocycles. The lowest BCUT2D eigenvalue weighted by atomic mass is 9.88. The molecule has 0 radical (unpaired) electrons. The largest absolute Gasteiger partial charge is 0.493 e. The number of hydrogen-bond acceptors (Lipinski definition) is 7. The summed E-state index contributed by atoms with van der Waals surface area (Å²) >= 11 is 0. The van der Waals surface area contributed by atoms with Gasteiger partial charge in [-0.05, 0) is 29.3 Å². The minimum atomic E-state index is -0.964. The normalized spacial score (nSPS) is 11.3. The van der Waals surface area contributed by atoms with E-state index in [0.29, 0.717) is 33.5 Å². The second-order valence-electron chi connectivity index (χ2n) is 7.40. The van der Waals surface area contributed by atoms with Crippen LogP contribution in [0.1, 0.15) is 28.2 Å². The quantitative estimate of drug-likeness (QED) is 0.278. The maximum Gasteiger partial charge on any atom is 0.293 e. The molecule has 8 nitrogen and oxygen atoms in total. The monoisotopic (exact) mass is 450 g/mol. The molecule has 0 saturated carbocycles. The van der Waals surface area contributed by atoms with E-state index >= 15 is 0 Å². The number of nitrogens with zero attached hydrogens (tertiary/aromatic N) is 4. The minimum Gasteiger partial charge on any atom is -0.493 e. The van der Waals surface area contributed by atoms with Crippen LogP contribution in [-0.4, -0.2) is 17.0 Å². The van der Waals surface area contributed by atoms with Crippen LogP contribution in [0.2, 0.25) is 0 Å². The molecule has 3 aromatic carbocycles. The fourth-order valence-corrected chi connectivity index (χ4v) is 3.72. The smallest absolute Gasteiger partial charge is 0.293 e. The van der Waals surface area contributed by atoms with E-state index in [2.05, 4.69) is 11.1 Å². The van der Waals surface area contributed by atoms with E-state index < -0.39 is 10.8 Å². The Morgan fingerprint density at radius 2 is 1.79 bits per heavy atom. The van der Waals surface area contributed by atoms with E-state index in [4.69, 9.17) is 14.7 Å². The number of fused-ring (bicyclic) bond motifs is 1. The first kappa shape index (κ1) is 22.3. The third-order valence-corrected chi connectivity index (χ3v) is 5.40. The van der Waals surface area contributed by atoms with Crippen molar-refractivity contribution in [1.82, 2.24) is 4.98 Å². The Hall–Kier alpha value is -4.95. The van der Waals surface area contributed by atoms with Crippen LogP contribution >= 0.6 is 0 Å². The first-order chi connectivity index (χ1) is 16.5. The van der Waals surface area contributed by atoms with Crippen LogP contribution in [0.3, 0.4) is 0 Å². The lowest BCUT2D eigenvalue weighted by molar-refractivity contribution is -0.385. The molecule has 4 rings (SSSR count). The van der Waals surface area contributed by atoms with Gasteiger partial charge in [-0.25, -0.2) is 4.98 Å². The molecule has 0 amide bonds. The third kappa shape index (κ3) is 4.34. The fourth-order valence-electron chi connectivity index (χ4n) is 3.72. The van der Waals surface area contributed by atoms with Gasteiger partial charge in [0, 0.05) is 11.5 Å². The summed E-state index contributed by atoms with van der Waals surface area (Å²) in [5.41, 5.74) is 2.25. The summed E-state index contributed by atoms with van der Waals surface area (Å²) in [6.07, 6.45) is 1.15. The van der Waals surface area contributed by atoms with Gasteiger partial charge in [0.2, 0.25) is 0 Å². The average Bonchev–Trinajstić information content (AvgIpc) is 2.88. The van der Waals surface area contributed by atoms with Crippen molar-refractivity contribution in [2.24, 2.45) is 0 Å². The molecule has 1 unspecified atom stereocenters. The lowest BCUT2D eigenvalue weighted by Gasteiger charge is -2.16. The molecule has 1 atom stereocenters. The van der Waals surface area contributed by atoms with Gasteiger partial charge in [-0.2, -0.15) is 10.5 Å². The molecule has 0 N–H and O–H groups in total. The molecule has 4 aromatic rings. The van der Waals surface area contributed by atoms with E-state index in [0.717, 1.165) is 11.8 Å². The molecular weight excluding hydrogens is 432 g/mol. The predicted molar refractivity (Wildman–Crippen MR) is 124 cm³/mol. The zero-order chi connectivity index (χ0) is 24.1. The van der Waals surface area contributed by atoms with Gasteiger partial charge < -0.3 is 9.47 Å². The Balaban J connectivity index is 1.89. The Bertz CT molecular complexity index is 1440. The van der Waals surface area contributed by atoms with E-state index in [1.165, 1.54) is 7.11 Å². The Morgan fingerprint density at radius 3 is 2.41 bits per heavy atom. The van der Waals surface area contributed by atoms with Gasteiger partial charge in [-0.3, -0.25) is 10.1 Å². The summed E-state index contributed by atoms with van der Waals surface area (Å²) in [6.45, 7) is 0.262. The molecule has 34 heavy (non-hydrogen) atoms. The highest BCUT2D eigenvalue weighted by Crippen LogP contribution is 2.41. The number of methoxy groups -OCH3 is 1. The highest BCUT2D eigenvalue weighted by Gasteiger charge is 2.28. The van der Waals surface area contributed by atoms with Crippen molar-refractivity contribution < 1.29 is 14.4 Å². The lowest BCUT2D eigenvalue weighted by Crippen LogP contribution is -2.06. The predicted octanol–water partition coefficient (Wildman–Crippen LogP) is 5.26. The molecule has 0 aliphatic heterocycles. The Labute approximate surface area is 195 Å². The summed E-state index contributed by atoms with van der Waals surface area (Å²) in [6, 6.07) is 23.4. The van der Waals surface area contributed by atoms with Crippen molar-refractivity contribution in [3.8, 4) is 23.6 Å². The molecule has 0 aliphatic rings. The van der Waals surface area contributed by atoms with E-state index in [1.54, 1.807) is 36.4 Å². The molecule has 166 valence electrons. The second kappa shape index (κ2) is 9.68. The maximum absolute atomic E-state index is 11.9. The molecule has 8 heteroatoms. The van der Waals surface area contributed by atoms with Crippen molar-refractivity contribution in [3.05, 3.63) is 105 Å². The molecule has 0 bridgehead atoms. The van der Waals surface area contributed by atoms with Crippen LogP contribution in [0.15, 0.2) is 72.9 Å². The summed E-state index contributed by atoms with van der Waals surface area (Å²) in [5.74, 6) is -0.171. The summed E-state index contributed by atoms with van der Waals surface area (Å²) in [4.78, 5) is 15.6. The van der Waals surface area contributed by atoms with Crippen LogP contribution in [0.5, 0.6) is 11.5 Å². The number of benzene rings is 3. The first-order valence-electron chi connectivity index (χ1n) is 10.3. The Kier molecular flexibility index (Phi) is 6.33. The standard InChI is InChI=1S/C26H18N4O4/c1-33-24-12-22-20(11-25(24)34-16-18-5-3-2-4-6-18)26(23(15-29-22)30(31)32)21(14-28)19-9-7-17(13-27)8-10-19/h2-12,15,21H,16H2,1H3. The SMILES string of the molecule is COc1cc2ncc([N+](=O)[O-])c(C(C#N)c3ccc(C#N)cc3)c2cc1OCc1ccccc1. The number of ether oxygens (including phenoxy) is 2. The number of nitro groups is 1. The van der Waals surface area contributed by atoms with Crippen molar-refractivity contribution in [3.63, 3.8) is 0 Å². The highest BCUT2D eigenvalue weighted by atomic mass is 16.6. The van der Waals surface area contributed by atoms with Gasteiger partial charge in [0.15, 0.2) is 11.5 Å². The van der Waals surface area contributed by atoms with Gasteiger partial charge in [-0.15, -0.1) is 0 Å². The number of aromatic nitrogens is 1. The van der Waals surface area contributed by atoms with Crippen LogP contribution < -0.4 is 9.47 Å². The van der Waals surface area contributed by atoms with Crippen molar-refractivity contribution in [2.75, 3.05) is 7.11 Å². The number of hydrogen-bond donors (Lipinski definition) is 0. The summed E-state index contributed by atoms with van der Waals surface area (Å²) in [7, 11) is 1.50. The highest BCUT2D eigenvalue weighted by molar-refractivity contribution is 5.89. The third-order valence-electron chi connectivity index (χ3n) is 5.40. The summed E-state index contributed by atoms with van der Waals surface area (Å²) in [5, 5.41) is 31.4. The van der Waals surface area contributed by atoms with Crippen LogP contribution in [-0.2, 0) is 6.61 Å². The molecule has 1 heterocycles. The van der Waals surface area contributed by atoms with Crippen LogP contribution in [0.25, 0.3) is 10.9 Å². The van der Waals surface area contributed by atoms with E-state index in [1.807, 2.05) is 36.4 Å². The minimum absolute atomic E-state index is 0.203.